The molecule has 1 heterocycles. The molecular formula is C28H25Cl3N4O4S. The first-order valence-electron chi connectivity index (χ1n) is 11.9. The molecule has 0 radical (unpaired) electrons. The number of hydrogen-bond acceptors (Lipinski definition) is 5. The Bertz CT molecular complexity index is 1690. The molecule has 208 valence electrons. The number of halogens is 3. The molecule has 1 N–H and O–H groups in total. The zero-order chi connectivity index (χ0) is 29.0. The van der Waals surface area contributed by atoms with Gasteiger partial charge in [0.05, 0.1) is 39.0 Å². The summed E-state index contributed by atoms with van der Waals surface area (Å²) in [6, 6.07) is 19.5. The van der Waals surface area contributed by atoms with Crippen molar-refractivity contribution in [3.63, 3.8) is 0 Å². The summed E-state index contributed by atoms with van der Waals surface area (Å²) in [5.41, 5.74) is 5.97. The predicted molar refractivity (Wildman–Crippen MR) is 160 cm³/mol. The quantitative estimate of drug-likeness (QED) is 0.173. The lowest BCUT2D eigenvalue weighted by Crippen LogP contribution is -2.39. The first kappa shape index (κ1) is 29.5. The zero-order valence-corrected chi connectivity index (χ0v) is 24.8. The van der Waals surface area contributed by atoms with Crippen molar-refractivity contribution >= 4 is 62.6 Å². The number of aromatic nitrogens is 1. The van der Waals surface area contributed by atoms with Crippen molar-refractivity contribution in [1.29, 1.82) is 0 Å². The van der Waals surface area contributed by atoms with Crippen LogP contribution < -0.4 is 14.5 Å². The maximum Gasteiger partial charge on any atom is 0.264 e. The minimum absolute atomic E-state index is 0.0213. The van der Waals surface area contributed by atoms with Crippen molar-refractivity contribution in [2.45, 2.75) is 18.7 Å². The first-order chi connectivity index (χ1) is 19.0. The molecule has 0 saturated carbocycles. The maximum absolute atomic E-state index is 13.5. The number of amides is 1. The van der Waals surface area contributed by atoms with Gasteiger partial charge in [0.25, 0.3) is 15.9 Å². The van der Waals surface area contributed by atoms with Gasteiger partial charge < -0.3 is 9.30 Å². The second-order valence-electron chi connectivity index (χ2n) is 8.70. The maximum atomic E-state index is 13.5. The summed E-state index contributed by atoms with van der Waals surface area (Å²) < 4.78 is 35.1. The van der Waals surface area contributed by atoms with Crippen molar-refractivity contribution < 1.29 is 17.9 Å². The van der Waals surface area contributed by atoms with Crippen LogP contribution in [0.3, 0.4) is 0 Å². The number of methoxy groups -OCH3 is 1. The Morgan fingerprint density at radius 1 is 0.975 bits per heavy atom. The minimum Gasteiger partial charge on any atom is -0.495 e. The van der Waals surface area contributed by atoms with Crippen molar-refractivity contribution in [2.24, 2.45) is 5.10 Å². The third-order valence-electron chi connectivity index (χ3n) is 6.07. The molecule has 0 saturated heterocycles. The first-order valence-corrected chi connectivity index (χ1v) is 14.5. The average Bonchev–Trinajstić information content (AvgIpc) is 3.21. The van der Waals surface area contributed by atoms with E-state index in [1.165, 1.54) is 43.7 Å². The van der Waals surface area contributed by atoms with E-state index in [0.717, 1.165) is 26.9 Å². The van der Waals surface area contributed by atoms with Crippen molar-refractivity contribution in [1.82, 2.24) is 9.99 Å². The Morgan fingerprint density at radius 3 is 2.35 bits per heavy atom. The number of carbonyl (C=O) groups excluding carboxylic acids is 1. The highest BCUT2D eigenvalue weighted by molar-refractivity contribution is 7.92. The van der Waals surface area contributed by atoms with Gasteiger partial charge in [-0.2, -0.15) is 5.10 Å². The molecule has 0 spiro atoms. The molecule has 4 rings (SSSR count). The Labute approximate surface area is 247 Å². The molecule has 3 aromatic carbocycles. The fraction of sp³-hybridized carbons (Fsp3) is 0.143. The topological polar surface area (TPSA) is 93.0 Å². The minimum atomic E-state index is -4.11. The van der Waals surface area contributed by atoms with Gasteiger partial charge in [0, 0.05) is 22.6 Å². The van der Waals surface area contributed by atoms with Crippen LogP contribution in [0.15, 0.2) is 82.8 Å². The number of aryl methyl sites for hydroxylation is 1. The number of hydrogen-bond donors (Lipinski definition) is 1. The molecule has 0 aliphatic carbocycles. The van der Waals surface area contributed by atoms with Gasteiger partial charge in [0.2, 0.25) is 0 Å². The Hall–Kier alpha value is -3.50. The lowest BCUT2D eigenvalue weighted by atomic mass is 10.2. The van der Waals surface area contributed by atoms with Crippen LogP contribution in [0.2, 0.25) is 15.1 Å². The number of nitrogens with one attached hydrogen (secondary N) is 1. The molecule has 1 aromatic heterocycles. The molecule has 0 fully saturated rings. The van der Waals surface area contributed by atoms with E-state index in [-0.39, 0.29) is 15.6 Å². The smallest absolute Gasteiger partial charge is 0.264 e. The summed E-state index contributed by atoms with van der Waals surface area (Å²) in [5, 5.41) is 5.16. The van der Waals surface area contributed by atoms with Crippen LogP contribution in [0, 0.1) is 13.8 Å². The summed E-state index contributed by atoms with van der Waals surface area (Å²) in [5.74, 6) is -0.281. The van der Waals surface area contributed by atoms with Crippen LogP contribution in [-0.2, 0) is 14.8 Å². The van der Waals surface area contributed by atoms with Gasteiger partial charge >= 0.3 is 0 Å². The van der Waals surface area contributed by atoms with Gasteiger partial charge in [0.15, 0.2) is 0 Å². The number of carbonyl (C=O) groups is 1. The summed E-state index contributed by atoms with van der Waals surface area (Å²) in [4.78, 5) is 13.0. The molecular weight excluding hydrogens is 595 g/mol. The van der Waals surface area contributed by atoms with Crippen molar-refractivity contribution in [3.05, 3.63) is 105 Å². The number of anilines is 1. The standard InChI is InChI=1S/C28H25Cl3N4O4S/c1-18-13-20(19(2)35(18)22-9-11-24(29)25(30)15-22)16-32-33-28(36)17-34(21-10-12-27(39-3)26(31)14-21)40(37,38)23-7-5-4-6-8-23/h4-16H,17H2,1-3H3,(H,33,36)/b32-16+. The third kappa shape index (κ3) is 6.28. The summed E-state index contributed by atoms with van der Waals surface area (Å²) in [6.07, 6.45) is 1.49. The Balaban J connectivity index is 1.57. The van der Waals surface area contributed by atoms with Crippen LogP contribution in [0.25, 0.3) is 5.69 Å². The van der Waals surface area contributed by atoms with E-state index in [2.05, 4.69) is 10.5 Å². The largest absolute Gasteiger partial charge is 0.495 e. The van der Waals surface area contributed by atoms with Gasteiger partial charge in [-0.1, -0.05) is 53.0 Å². The van der Waals surface area contributed by atoms with Gasteiger partial charge in [0.1, 0.15) is 12.3 Å². The second-order valence-corrected chi connectivity index (χ2v) is 11.8. The Morgan fingerprint density at radius 2 is 1.70 bits per heavy atom. The molecule has 1 amide bonds. The number of rotatable bonds is 9. The van der Waals surface area contributed by atoms with E-state index in [1.807, 2.05) is 30.5 Å². The average molecular weight is 620 g/mol. The lowest BCUT2D eigenvalue weighted by molar-refractivity contribution is -0.119. The molecule has 8 nitrogen and oxygen atoms in total. The van der Waals surface area contributed by atoms with E-state index in [1.54, 1.807) is 30.3 Å². The Kier molecular flexibility index (Phi) is 9.10. The SMILES string of the molecule is COc1ccc(N(CC(=O)N/N=C/c2cc(C)n(-c3ccc(Cl)c(Cl)c3)c2C)S(=O)(=O)c2ccccc2)cc1Cl. The zero-order valence-electron chi connectivity index (χ0n) is 21.7. The lowest BCUT2D eigenvalue weighted by Gasteiger charge is -2.24. The fourth-order valence-electron chi connectivity index (χ4n) is 4.12. The highest BCUT2D eigenvalue weighted by Crippen LogP contribution is 2.32. The predicted octanol–water partition coefficient (Wildman–Crippen LogP) is 6.41. The molecule has 0 bridgehead atoms. The second kappa shape index (κ2) is 12.3. The van der Waals surface area contributed by atoms with Gasteiger partial charge in [-0.05, 0) is 68.4 Å². The molecule has 0 aliphatic rings. The summed E-state index contributed by atoms with van der Waals surface area (Å²) in [6.45, 7) is 3.29. The molecule has 40 heavy (non-hydrogen) atoms. The normalized spacial score (nSPS) is 11.6. The summed E-state index contributed by atoms with van der Waals surface area (Å²) in [7, 11) is -2.66. The number of ether oxygens (including phenoxy) is 1. The van der Waals surface area contributed by atoms with Gasteiger partial charge in [-0.25, -0.2) is 13.8 Å². The van der Waals surface area contributed by atoms with Crippen LogP contribution in [-0.4, -0.2) is 38.8 Å². The molecule has 0 aliphatic heterocycles. The van der Waals surface area contributed by atoms with Gasteiger partial charge in [-0.3, -0.25) is 9.10 Å². The highest BCUT2D eigenvalue weighted by Gasteiger charge is 2.27. The van der Waals surface area contributed by atoms with Crippen LogP contribution in [0.1, 0.15) is 17.0 Å². The number of hydrazone groups is 1. The van der Waals surface area contributed by atoms with E-state index < -0.39 is 22.5 Å². The van der Waals surface area contributed by atoms with Gasteiger partial charge in [-0.15, -0.1) is 0 Å². The fourth-order valence-corrected chi connectivity index (χ4v) is 6.10. The van der Waals surface area contributed by atoms with Crippen LogP contribution in [0.5, 0.6) is 5.75 Å². The monoisotopic (exact) mass is 618 g/mol. The number of sulfonamides is 1. The highest BCUT2D eigenvalue weighted by atomic mass is 35.5. The summed E-state index contributed by atoms with van der Waals surface area (Å²) >= 11 is 18.5. The molecule has 12 heteroatoms. The van der Waals surface area contributed by atoms with Crippen molar-refractivity contribution in [3.8, 4) is 11.4 Å². The molecule has 0 unspecified atom stereocenters. The van der Waals surface area contributed by atoms with Crippen LogP contribution in [0.4, 0.5) is 5.69 Å². The van der Waals surface area contributed by atoms with E-state index in [4.69, 9.17) is 39.5 Å². The molecule has 4 aromatic rings. The third-order valence-corrected chi connectivity index (χ3v) is 8.89. The van der Waals surface area contributed by atoms with E-state index in [9.17, 15) is 13.2 Å². The number of nitrogens with zero attached hydrogens (tertiary/aromatic N) is 3. The van der Waals surface area contributed by atoms with Crippen LogP contribution >= 0.6 is 34.8 Å². The molecule has 0 atom stereocenters. The van der Waals surface area contributed by atoms with E-state index >= 15 is 0 Å². The van der Waals surface area contributed by atoms with Crippen molar-refractivity contribution in [2.75, 3.05) is 18.0 Å². The van der Waals surface area contributed by atoms with E-state index in [0.29, 0.717) is 15.8 Å². The number of benzene rings is 3.